The van der Waals surface area contributed by atoms with Crippen LogP contribution in [-0.2, 0) is 4.79 Å². The zero-order chi connectivity index (χ0) is 10.6. The molecule has 0 amide bonds. The van der Waals surface area contributed by atoms with Crippen molar-refractivity contribution in [1.29, 1.82) is 5.41 Å². The fraction of sp³-hybridized carbons (Fsp3) is 0.667. The molecule has 0 aromatic rings. The van der Waals surface area contributed by atoms with Gasteiger partial charge in [-0.1, -0.05) is 0 Å². The van der Waals surface area contributed by atoms with Gasteiger partial charge < -0.3 is 10.8 Å². The Morgan fingerprint density at radius 1 is 1.62 bits per heavy atom. The van der Waals surface area contributed by atoms with E-state index >= 15 is 0 Å². The first-order chi connectivity index (χ1) is 5.77. The van der Waals surface area contributed by atoms with E-state index in [1.54, 1.807) is 0 Å². The third kappa shape index (κ3) is 4.28. The van der Waals surface area contributed by atoms with E-state index in [4.69, 9.17) is 16.2 Å². The van der Waals surface area contributed by atoms with E-state index in [1.807, 2.05) is 0 Å². The minimum absolute atomic E-state index is 0.0354. The Kier molecular flexibility index (Phi) is 4.43. The molecular formula is C6H14N2O4P+. The summed E-state index contributed by atoms with van der Waals surface area (Å²) >= 11 is 0. The van der Waals surface area contributed by atoms with E-state index in [0.717, 1.165) is 0 Å². The minimum atomic E-state index is -3.37. The second-order valence-corrected chi connectivity index (χ2v) is 5.35. The van der Waals surface area contributed by atoms with Gasteiger partial charge in [0.2, 0.25) is 5.45 Å². The largest absolute Gasteiger partial charge is 0.480 e. The second-order valence-electron chi connectivity index (χ2n) is 2.77. The molecule has 6 N–H and O–H groups in total. The fourth-order valence-electron chi connectivity index (χ4n) is 0.610. The Balaban J connectivity index is 4.02. The number of carbonyl (C=O) groups is 1. The maximum atomic E-state index is 10.3. The number of carboxylic acids is 1. The monoisotopic (exact) mass is 209 g/mol. The quantitative estimate of drug-likeness (QED) is 0.311. The van der Waals surface area contributed by atoms with Crippen LogP contribution in [0.5, 0.6) is 0 Å². The summed E-state index contributed by atoms with van der Waals surface area (Å²) in [7, 11) is -3.37. The maximum absolute atomic E-state index is 10.3. The predicted molar refractivity (Wildman–Crippen MR) is 49.9 cm³/mol. The van der Waals surface area contributed by atoms with Gasteiger partial charge >= 0.3 is 13.7 Å². The minimum Gasteiger partial charge on any atom is -0.480 e. The van der Waals surface area contributed by atoms with Crippen molar-refractivity contribution in [3.8, 4) is 0 Å². The van der Waals surface area contributed by atoms with Gasteiger partial charge in [0.15, 0.2) is 0 Å². The molecule has 76 valence electrons. The molecular weight excluding hydrogens is 195 g/mol. The van der Waals surface area contributed by atoms with Crippen LogP contribution in [0.4, 0.5) is 0 Å². The van der Waals surface area contributed by atoms with Crippen LogP contribution >= 0.6 is 7.72 Å². The maximum Gasteiger partial charge on any atom is 0.320 e. The molecule has 0 saturated carbocycles. The van der Waals surface area contributed by atoms with Crippen LogP contribution in [0, 0.1) is 5.41 Å². The summed E-state index contributed by atoms with van der Waals surface area (Å²) < 4.78 is 0. The van der Waals surface area contributed by atoms with Crippen LogP contribution in [0.3, 0.4) is 0 Å². The molecule has 0 aromatic carbocycles. The van der Waals surface area contributed by atoms with Gasteiger partial charge in [-0.05, 0) is 0 Å². The van der Waals surface area contributed by atoms with Crippen molar-refractivity contribution in [2.45, 2.75) is 19.4 Å². The first-order valence-electron chi connectivity index (χ1n) is 3.65. The smallest absolute Gasteiger partial charge is 0.320 e. The number of rotatable bonds is 5. The zero-order valence-electron chi connectivity index (χ0n) is 7.27. The molecule has 0 bridgehead atoms. The number of carboxylic acid groups (broad SMARTS) is 1. The van der Waals surface area contributed by atoms with Crippen LogP contribution in [0.1, 0.15) is 13.3 Å². The highest BCUT2D eigenvalue weighted by molar-refractivity contribution is 7.81. The molecule has 0 heterocycles. The van der Waals surface area contributed by atoms with Crippen LogP contribution in [-0.4, -0.2) is 38.5 Å². The van der Waals surface area contributed by atoms with Crippen LogP contribution in [0.25, 0.3) is 0 Å². The molecule has 6 nitrogen and oxygen atoms in total. The number of hydrogen-bond acceptors (Lipinski definition) is 5. The van der Waals surface area contributed by atoms with Gasteiger partial charge in [-0.2, -0.15) is 0 Å². The Hall–Kier alpha value is -0.550. The van der Waals surface area contributed by atoms with Gasteiger partial charge in [-0.25, -0.2) is 9.79 Å². The van der Waals surface area contributed by atoms with Crippen LogP contribution < -0.4 is 5.73 Å². The van der Waals surface area contributed by atoms with E-state index in [-0.39, 0.29) is 18.0 Å². The highest BCUT2D eigenvalue weighted by atomic mass is 31.2. The van der Waals surface area contributed by atoms with Crippen molar-refractivity contribution >= 4 is 19.1 Å². The van der Waals surface area contributed by atoms with Crippen molar-refractivity contribution in [3.63, 3.8) is 0 Å². The van der Waals surface area contributed by atoms with Gasteiger partial charge in [0.1, 0.15) is 12.2 Å². The second kappa shape index (κ2) is 4.62. The Labute approximate surface area is 76.4 Å². The van der Waals surface area contributed by atoms with Gasteiger partial charge in [0.25, 0.3) is 0 Å². The first kappa shape index (κ1) is 12.4. The molecule has 0 spiro atoms. The van der Waals surface area contributed by atoms with Crippen molar-refractivity contribution in [2.75, 3.05) is 6.16 Å². The van der Waals surface area contributed by atoms with E-state index < -0.39 is 19.7 Å². The molecule has 0 aliphatic rings. The van der Waals surface area contributed by atoms with E-state index in [1.165, 1.54) is 6.92 Å². The summed E-state index contributed by atoms with van der Waals surface area (Å²) in [4.78, 5) is 28.7. The summed E-state index contributed by atoms with van der Waals surface area (Å²) in [5.74, 6) is -1.18. The molecule has 0 unspecified atom stereocenters. The van der Waals surface area contributed by atoms with Crippen LogP contribution in [0.15, 0.2) is 0 Å². The highest BCUT2D eigenvalue weighted by Crippen LogP contribution is 2.51. The average Bonchev–Trinajstić information content (AvgIpc) is 1.99. The molecule has 13 heavy (non-hydrogen) atoms. The highest BCUT2D eigenvalue weighted by Gasteiger charge is 2.37. The van der Waals surface area contributed by atoms with Gasteiger partial charge in [0.05, 0.1) is 0 Å². The summed E-state index contributed by atoms with van der Waals surface area (Å²) in [6.07, 6.45) is -0.178. The Morgan fingerprint density at radius 2 is 2.08 bits per heavy atom. The summed E-state index contributed by atoms with van der Waals surface area (Å²) in [6, 6.07) is -1.10. The third-order valence-electron chi connectivity index (χ3n) is 1.61. The first-order valence-corrected chi connectivity index (χ1v) is 5.53. The van der Waals surface area contributed by atoms with Crippen LogP contribution in [0.2, 0.25) is 0 Å². The molecule has 0 aliphatic heterocycles. The SMILES string of the molecule is CC(=N)[P+](O)(O)CC[C@H](N)C(=O)O. The Morgan fingerprint density at radius 3 is 2.38 bits per heavy atom. The molecule has 0 aliphatic carbocycles. The molecule has 7 heteroatoms. The zero-order valence-corrected chi connectivity index (χ0v) is 8.16. The number of aliphatic carboxylic acids is 1. The van der Waals surface area contributed by atoms with E-state index in [0.29, 0.717) is 0 Å². The molecule has 0 saturated heterocycles. The van der Waals surface area contributed by atoms with Crippen molar-refractivity contribution in [3.05, 3.63) is 0 Å². The lowest BCUT2D eigenvalue weighted by molar-refractivity contribution is -0.138. The Bertz CT molecular complexity index is 219. The van der Waals surface area contributed by atoms with Gasteiger partial charge in [-0.3, -0.25) is 10.2 Å². The summed E-state index contributed by atoms with van der Waals surface area (Å²) in [5.41, 5.74) is 4.93. The lowest BCUT2D eigenvalue weighted by Gasteiger charge is -2.11. The number of nitrogens with one attached hydrogen (secondary N) is 1. The average molecular weight is 209 g/mol. The molecule has 0 radical (unpaired) electrons. The topological polar surface area (TPSA) is 128 Å². The van der Waals surface area contributed by atoms with E-state index in [9.17, 15) is 14.6 Å². The van der Waals surface area contributed by atoms with Crippen molar-refractivity contribution in [1.82, 2.24) is 0 Å². The number of nitrogens with two attached hydrogens (primary N) is 1. The van der Waals surface area contributed by atoms with Crippen molar-refractivity contribution < 1.29 is 19.7 Å². The lowest BCUT2D eigenvalue weighted by Crippen LogP contribution is -2.31. The normalized spacial score (nSPS) is 13.8. The summed E-state index contributed by atoms with van der Waals surface area (Å²) in [5, 5.41) is 15.4. The predicted octanol–water partition coefficient (Wildman–Crippen LogP) is -0.382. The molecule has 0 fully saturated rings. The standard InChI is InChI=1S/C6H13N2O4P/c1-4(7)13(11,12)3-2-5(8)6(9)10/h5,7,11-12H,2-3,8H2,1H3/p+1/t5-/m0/s1. The van der Waals surface area contributed by atoms with E-state index in [2.05, 4.69) is 0 Å². The number of hydrogen-bond donors (Lipinski definition) is 5. The fourth-order valence-corrected chi connectivity index (χ4v) is 1.58. The third-order valence-corrected chi connectivity index (χ3v) is 3.56. The van der Waals surface area contributed by atoms with Gasteiger partial charge in [0, 0.05) is 13.3 Å². The van der Waals surface area contributed by atoms with Crippen molar-refractivity contribution in [2.24, 2.45) is 5.73 Å². The lowest BCUT2D eigenvalue weighted by atomic mass is 10.2. The molecule has 0 rings (SSSR count). The van der Waals surface area contributed by atoms with Gasteiger partial charge in [-0.15, -0.1) is 0 Å². The summed E-state index contributed by atoms with van der Waals surface area (Å²) in [6.45, 7) is 1.28. The molecule has 1 atom stereocenters. The molecule has 0 aromatic heterocycles.